The number of phosphoric ester groups is 1. The molecule has 0 aliphatic heterocycles. The molecule has 0 aliphatic carbocycles. The van der Waals surface area contributed by atoms with E-state index >= 15 is 0 Å². The van der Waals surface area contributed by atoms with Gasteiger partial charge in [-0.1, -0.05) is 71.1 Å². The molecule has 0 aromatic heterocycles. The number of phosphoric acid groups is 1. The van der Waals surface area contributed by atoms with Crippen molar-refractivity contribution in [3.63, 3.8) is 0 Å². The van der Waals surface area contributed by atoms with Gasteiger partial charge in [0.2, 0.25) is 0 Å². The minimum Gasteiger partial charge on any atom is -0.790 e. The van der Waals surface area contributed by atoms with Crippen LogP contribution in [0.15, 0.2) is 0 Å². The van der Waals surface area contributed by atoms with Gasteiger partial charge in [-0.15, -0.1) is 0 Å². The zero-order chi connectivity index (χ0) is 15.3. The van der Waals surface area contributed by atoms with Crippen LogP contribution in [-0.4, -0.2) is 17.8 Å². The fourth-order valence-corrected chi connectivity index (χ4v) is 2.76. The Morgan fingerprint density at radius 2 is 1.32 bits per heavy atom. The minimum atomic E-state index is -4.98. The summed E-state index contributed by atoms with van der Waals surface area (Å²) < 4.78 is 14.7. The quantitative estimate of drug-likeness (QED) is 0.199. The second kappa shape index (κ2) is 19.4. The van der Waals surface area contributed by atoms with Gasteiger partial charge in [-0.05, 0) is 6.42 Å². The van der Waals surface area contributed by atoms with Gasteiger partial charge in [-0.3, -0.25) is 0 Å². The molecule has 22 heavy (non-hydrogen) atoms. The van der Waals surface area contributed by atoms with Crippen LogP contribution in [-0.2, 0) is 9.09 Å². The molecule has 0 radical (unpaired) electrons. The molecule has 1 atom stereocenters. The van der Waals surface area contributed by atoms with Crippen molar-refractivity contribution < 1.29 is 83.1 Å². The van der Waals surface area contributed by atoms with Crippen LogP contribution in [0.1, 0.15) is 77.6 Å². The number of aliphatic hydroxyl groups is 1. The number of hydrogen-bond donors (Lipinski definition) is 1. The van der Waals surface area contributed by atoms with E-state index in [9.17, 15) is 14.4 Å². The van der Waals surface area contributed by atoms with Crippen LogP contribution in [0.2, 0.25) is 0 Å². The van der Waals surface area contributed by atoms with Gasteiger partial charge in [0, 0.05) is 0 Å². The average molecular weight is 354 g/mol. The van der Waals surface area contributed by atoms with Crippen LogP contribution < -0.4 is 68.9 Å². The third-order valence-corrected chi connectivity index (χ3v) is 3.92. The number of unbranched alkanes of at least 4 members (excludes halogenated alkanes) is 9. The van der Waals surface area contributed by atoms with E-state index in [4.69, 9.17) is 5.11 Å². The van der Waals surface area contributed by atoms with Gasteiger partial charge < -0.3 is 24.0 Å². The molecule has 5 nitrogen and oxygen atoms in total. The van der Waals surface area contributed by atoms with Gasteiger partial charge >= 0.3 is 59.1 Å². The van der Waals surface area contributed by atoms with E-state index in [1.807, 2.05) is 0 Å². The van der Waals surface area contributed by atoms with Crippen molar-refractivity contribution in [2.24, 2.45) is 0 Å². The molecule has 0 saturated heterocycles. The maximum Gasteiger partial charge on any atom is 1.00 e. The normalized spacial score (nSPS) is 12.4. The first-order valence-electron chi connectivity index (χ1n) is 7.81. The molecule has 1 unspecified atom stereocenters. The molecule has 0 aromatic rings. The third-order valence-electron chi connectivity index (χ3n) is 3.36. The fourth-order valence-electron chi connectivity index (χ4n) is 2.22. The largest absolute Gasteiger partial charge is 1.00 e. The van der Waals surface area contributed by atoms with Gasteiger partial charge in [0.25, 0.3) is 0 Å². The second-order valence-corrected chi connectivity index (χ2v) is 6.43. The van der Waals surface area contributed by atoms with Crippen molar-refractivity contribution in [2.75, 3.05) is 6.61 Å². The van der Waals surface area contributed by atoms with Crippen LogP contribution >= 0.6 is 7.82 Å². The summed E-state index contributed by atoms with van der Waals surface area (Å²) in [6.45, 7) is 1.79. The third kappa shape index (κ3) is 22.1. The minimum absolute atomic E-state index is 0. The summed E-state index contributed by atoms with van der Waals surface area (Å²) in [6.07, 6.45) is 11.4. The molecule has 1 N–H and O–H groups in total. The Kier molecular flexibility index (Phi) is 25.4. The topological polar surface area (TPSA) is 92.7 Å². The molecular formula is C14H29Na2O5P. The predicted octanol–water partition coefficient (Wildman–Crippen LogP) is -3.49. The summed E-state index contributed by atoms with van der Waals surface area (Å²) in [5.41, 5.74) is 0. The van der Waals surface area contributed by atoms with Crippen LogP contribution in [0.25, 0.3) is 0 Å². The maximum atomic E-state index is 10.4. The van der Waals surface area contributed by atoms with Gasteiger partial charge in [0.1, 0.15) is 0 Å². The number of hydrogen-bond acceptors (Lipinski definition) is 5. The van der Waals surface area contributed by atoms with Crippen molar-refractivity contribution in [3.8, 4) is 0 Å². The molecule has 8 heteroatoms. The van der Waals surface area contributed by atoms with E-state index in [1.165, 1.54) is 44.9 Å². The summed E-state index contributed by atoms with van der Waals surface area (Å²) >= 11 is 0. The Bertz CT molecular complexity index is 264. The molecule has 0 spiro atoms. The van der Waals surface area contributed by atoms with E-state index in [2.05, 4.69) is 11.4 Å². The van der Waals surface area contributed by atoms with Crippen molar-refractivity contribution in [2.45, 2.75) is 83.7 Å². The Balaban J connectivity index is -0.00000180. The Morgan fingerprint density at radius 1 is 0.909 bits per heavy atom. The van der Waals surface area contributed by atoms with E-state index < -0.39 is 20.5 Å². The van der Waals surface area contributed by atoms with Crippen molar-refractivity contribution >= 4 is 7.82 Å². The Morgan fingerprint density at radius 3 is 1.68 bits per heavy atom. The maximum absolute atomic E-state index is 10.4. The fraction of sp³-hybridized carbons (Fsp3) is 1.00. The zero-order valence-corrected chi connectivity index (χ0v) is 19.5. The van der Waals surface area contributed by atoms with E-state index in [0.29, 0.717) is 6.42 Å². The van der Waals surface area contributed by atoms with Crippen LogP contribution in [0.5, 0.6) is 0 Å². The monoisotopic (exact) mass is 354 g/mol. The predicted molar refractivity (Wildman–Crippen MR) is 76.0 cm³/mol. The molecule has 0 saturated carbocycles. The zero-order valence-electron chi connectivity index (χ0n) is 14.6. The summed E-state index contributed by atoms with van der Waals surface area (Å²) in [7, 11) is -4.98. The Hall–Kier alpha value is 2.07. The van der Waals surface area contributed by atoms with Gasteiger partial charge in [0.15, 0.2) is 0 Å². The summed E-state index contributed by atoms with van der Waals surface area (Å²) in [4.78, 5) is 20.8. The average Bonchev–Trinajstić information content (AvgIpc) is 2.38. The number of aliphatic hydroxyl groups excluding tert-OH is 1. The first-order valence-corrected chi connectivity index (χ1v) is 9.27. The van der Waals surface area contributed by atoms with E-state index in [0.717, 1.165) is 19.3 Å². The molecule has 122 valence electrons. The molecule has 0 amide bonds. The summed E-state index contributed by atoms with van der Waals surface area (Å²) in [6, 6.07) is 0. The van der Waals surface area contributed by atoms with Crippen molar-refractivity contribution in [1.82, 2.24) is 0 Å². The van der Waals surface area contributed by atoms with Crippen molar-refractivity contribution in [1.29, 1.82) is 0 Å². The molecule has 0 rings (SSSR count). The molecule has 0 aromatic carbocycles. The van der Waals surface area contributed by atoms with E-state index in [-0.39, 0.29) is 59.1 Å². The van der Waals surface area contributed by atoms with Gasteiger partial charge in [-0.2, -0.15) is 0 Å². The second-order valence-electron chi connectivity index (χ2n) is 5.33. The van der Waals surface area contributed by atoms with E-state index in [1.54, 1.807) is 0 Å². The molecule has 0 fully saturated rings. The molecular weight excluding hydrogens is 325 g/mol. The first-order chi connectivity index (χ1) is 9.49. The van der Waals surface area contributed by atoms with Crippen LogP contribution in [0, 0.1) is 0 Å². The summed E-state index contributed by atoms with van der Waals surface area (Å²) in [5.74, 6) is 0. The first kappa shape index (κ1) is 28.9. The van der Waals surface area contributed by atoms with Crippen LogP contribution in [0.4, 0.5) is 0 Å². The molecule has 0 aliphatic rings. The Labute approximate surface area is 179 Å². The smallest absolute Gasteiger partial charge is 0.790 e. The molecule has 0 heterocycles. The van der Waals surface area contributed by atoms with Crippen molar-refractivity contribution in [3.05, 3.63) is 0 Å². The standard InChI is InChI=1S/C14H31O5P.2Na/c1-2-3-4-5-6-7-8-9-10-11-12-14(13-15)19-20(16,17)18;;/h14-15H,2-13H2,1H3,(H2,16,17,18);;/q;2*+1/p-2. The molecule has 0 bridgehead atoms. The SMILES string of the molecule is CCCCCCCCCCCCC(CO)OP(=O)([O-])[O-].[Na+].[Na+]. The summed E-state index contributed by atoms with van der Waals surface area (Å²) in [5, 5.41) is 8.91. The van der Waals surface area contributed by atoms with Crippen LogP contribution in [0.3, 0.4) is 0 Å². The van der Waals surface area contributed by atoms with Gasteiger partial charge in [0.05, 0.1) is 20.5 Å². The number of rotatable bonds is 14. The van der Waals surface area contributed by atoms with Gasteiger partial charge in [-0.25, -0.2) is 0 Å².